The number of nitrogens with zero attached hydrogens (tertiary/aromatic N) is 2. The molecule has 0 aliphatic carbocycles. The maximum absolute atomic E-state index is 12.0. The number of fused-ring (bicyclic) bond motifs is 1. The van der Waals surface area contributed by atoms with E-state index < -0.39 is 0 Å². The second-order valence-corrected chi connectivity index (χ2v) is 6.99. The van der Waals surface area contributed by atoms with Gasteiger partial charge in [0, 0.05) is 37.2 Å². The minimum absolute atomic E-state index is 0.0466. The molecule has 27 heavy (non-hydrogen) atoms. The fourth-order valence-corrected chi connectivity index (χ4v) is 3.08. The average molecular weight is 369 g/mol. The number of guanidine groups is 1. The Morgan fingerprint density at radius 2 is 2.19 bits per heavy atom. The monoisotopic (exact) mass is 369 g/mol. The van der Waals surface area contributed by atoms with Crippen LogP contribution in [0.4, 0.5) is 5.69 Å². The third-order valence-corrected chi connectivity index (χ3v) is 4.53. The number of rotatable bonds is 6. The lowest BCUT2D eigenvalue weighted by Crippen LogP contribution is -2.40. The van der Waals surface area contributed by atoms with E-state index in [1.165, 1.54) is 0 Å². The van der Waals surface area contributed by atoms with E-state index in [0.29, 0.717) is 31.4 Å². The third-order valence-electron chi connectivity index (χ3n) is 4.53. The Hall–Kier alpha value is -2.83. The molecule has 0 radical (unpaired) electrons. The number of benzene rings is 1. The fourth-order valence-electron chi connectivity index (χ4n) is 3.08. The number of aromatic nitrogens is 1. The number of para-hydroxylation sites is 1. The summed E-state index contributed by atoms with van der Waals surface area (Å²) >= 11 is 0. The van der Waals surface area contributed by atoms with Gasteiger partial charge >= 0.3 is 0 Å². The van der Waals surface area contributed by atoms with Crippen molar-refractivity contribution >= 4 is 17.6 Å². The Morgan fingerprint density at radius 3 is 2.93 bits per heavy atom. The molecule has 1 aliphatic rings. The average Bonchev–Trinajstić information content (AvgIpc) is 3.13. The van der Waals surface area contributed by atoms with Crippen LogP contribution < -0.4 is 16.0 Å². The van der Waals surface area contributed by atoms with Gasteiger partial charge in [-0.25, -0.2) is 4.99 Å². The number of carbonyl (C=O) groups excluding carboxylic acids is 1. The predicted octanol–water partition coefficient (Wildman–Crippen LogP) is 2.98. The zero-order valence-corrected chi connectivity index (χ0v) is 16.1. The van der Waals surface area contributed by atoms with Crippen molar-refractivity contribution in [2.75, 3.05) is 18.4 Å². The second-order valence-electron chi connectivity index (χ2n) is 6.99. The molecule has 1 amide bonds. The van der Waals surface area contributed by atoms with E-state index in [-0.39, 0.29) is 11.8 Å². The topological polar surface area (TPSA) is 91.6 Å². The Morgan fingerprint density at radius 1 is 1.37 bits per heavy atom. The number of amides is 1. The smallest absolute Gasteiger partial charge is 0.225 e. The number of nitrogens with one attached hydrogen (secondary N) is 3. The highest BCUT2D eigenvalue weighted by Crippen LogP contribution is 2.31. The Balaban J connectivity index is 1.65. The molecule has 3 N–H and O–H groups in total. The maximum Gasteiger partial charge on any atom is 0.225 e. The first-order chi connectivity index (χ1) is 13.1. The van der Waals surface area contributed by atoms with Gasteiger partial charge < -0.3 is 20.5 Å². The number of hydrogen-bond donors (Lipinski definition) is 3. The van der Waals surface area contributed by atoms with Gasteiger partial charge in [0.25, 0.3) is 0 Å². The molecule has 1 aromatic heterocycles. The van der Waals surface area contributed by atoms with E-state index in [1.807, 2.05) is 31.2 Å². The largest absolute Gasteiger partial charge is 0.359 e. The maximum atomic E-state index is 12.0. The summed E-state index contributed by atoms with van der Waals surface area (Å²) in [6.07, 6.45) is 0.462. The van der Waals surface area contributed by atoms with Gasteiger partial charge in [-0.3, -0.25) is 4.79 Å². The van der Waals surface area contributed by atoms with Gasteiger partial charge in [0.1, 0.15) is 6.54 Å². The first-order valence-electron chi connectivity index (χ1n) is 9.43. The SMILES string of the molecule is CCNC(=NCc1cc(C(C)C)no1)NCC1CC(=O)Nc2ccccc21. The molecule has 2 aromatic rings. The minimum Gasteiger partial charge on any atom is -0.359 e. The van der Waals surface area contributed by atoms with Crippen molar-refractivity contribution in [3.05, 3.63) is 47.3 Å². The molecule has 0 spiro atoms. The van der Waals surface area contributed by atoms with Crippen LogP contribution in [0.1, 0.15) is 56.0 Å². The van der Waals surface area contributed by atoms with Crippen LogP contribution in [0.2, 0.25) is 0 Å². The summed E-state index contributed by atoms with van der Waals surface area (Å²) < 4.78 is 5.34. The van der Waals surface area contributed by atoms with Crippen molar-refractivity contribution in [3.63, 3.8) is 0 Å². The van der Waals surface area contributed by atoms with E-state index in [0.717, 1.165) is 29.2 Å². The van der Waals surface area contributed by atoms with Crippen LogP contribution in [0.15, 0.2) is 39.8 Å². The lowest BCUT2D eigenvalue weighted by atomic mass is 9.90. The summed E-state index contributed by atoms with van der Waals surface area (Å²) in [4.78, 5) is 16.5. The zero-order valence-electron chi connectivity index (χ0n) is 16.1. The molecule has 0 saturated carbocycles. The zero-order chi connectivity index (χ0) is 19.2. The predicted molar refractivity (Wildman–Crippen MR) is 106 cm³/mol. The standard InChI is InChI=1S/C20H27N5O2/c1-4-21-20(23-12-15-10-18(13(2)3)25-27-15)22-11-14-9-19(26)24-17-8-6-5-7-16(14)17/h5-8,10,13-14H,4,9,11-12H2,1-3H3,(H,24,26)(H2,21,22,23). The molecule has 1 aliphatic heterocycles. The minimum atomic E-state index is 0.0466. The van der Waals surface area contributed by atoms with Crippen LogP contribution in [0.25, 0.3) is 0 Å². The summed E-state index contributed by atoms with van der Waals surface area (Å²) in [5.74, 6) is 1.92. The van der Waals surface area contributed by atoms with Crippen LogP contribution >= 0.6 is 0 Å². The fraction of sp³-hybridized carbons (Fsp3) is 0.450. The summed E-state index contributed by atoms with van der Waals surface area (Å²) in [6.45, 7) is 7.97. The van der Waals surface area contributed by atoms with Crippen LogP contribution in [-0.4, -0.2) is 30.1 Å². The Labute approximate surface area is 159 Å². The summed E-state index contributed by atoms with van der Waals surface area (Å²) in [7, 11) is 0. The lowest BCUT2D eigenvalue weighted by Gasteiger charge is -2.26. The molecular formula is C20H27N5O2. The van der Waals surface area contributed by atoms with E-state index in [1.54, 1.807) is 0 Å². The second kappa shape index (κ2) is 8.70. The van der Waals surface area contributed by atoms with Crippen molar-refractivity contribution in [3.8, 4) is 0 Å². The summed E-state index contributed by atoms with van der Waals surface area (Å²) in [5, 5.41) is 13.6. The third kappa shape index (κ3) is 4.87. The van der Waals surface area contributed by atoms with Gasteiger partial charge in [-0.15, -0.1) is 0 Å². The highest BCUT2D eigenvalue weighted by Gasteiger charge is 2.24. The van der Waals surface area contributed by atoms with Gasteiger partial charge in [-0.2, -0.15) is 0 Å². The van der Waals surface area contributed by atoms with E-state index >= 15 is 0 Å². The highest BCUT2D eigenvalue weighted by molar-refractivity contribution is 5.94. The highest BCUT2D eigenvalue weighted by atomic mass is 16.5. The van der Waals surface area contributed by atoms with Crippen molar-refractivity contribution in [2.45, 2.75) is 45.6 Å². The van der Waals surface area contributed by atoms with Gasteiger partial charge in [-0.1, -0.05) is 37.2 Å². The van der Waals surface area contributed by atoms with Gasteiger partial charge in [0.2, 0.25) is 5.91 Å². The molecule has 7 heteroatoms. The van der Waals surface area contributed by atoms with Crippen molar-refractivity contribution in [2.24, 2.45) is 4.99 Å². The van der Waals surface area contributed by atoms with Gasteiger partial charge in [-0.05, 0) is 24.5 Å². The van der Waals surface area contributed by atoms with Gasteiger partial charge in [0.15, 0.2) is 11.7 Å². The Bertz CT molecular complexity index is 812. The summed E-state index contributed by atoms with van der Waals surface area (Å²) in [5.41, 5.74) is 2.98. The first kappa shape index (κ1) is 18.9. The van der Waals surface area contributed by atoms with Crippen molar-refractivity contribution < 1.29 is 9.32 Å². The Kier molecular flexibility index (Phi) is 6.11. The van der Waals surface area contributed by atoms with Crippen LogP contribution in [0, 0.1) is 0 Å². The quantitative estimate of drug-likeness (QED) is 0.538. The van der Waals surface area contributed by atoms with Gasteiger partial charge in [0.05, 0.1) is 5.69 Å². The van der Waals surface area contributed by atoms with Crippen LogP contribution in [-0.2, 0) is 11.3 Å². The first-order valence-corrected chi connectivity index (χ1v) is 9.43. The molecule has 0 saturated heterocycles. The molecular weight excluding hydrogens is 342 g/mol. The molecule has 2 heterocycles. The van der Waals surface area contributed by atoms with Crippen LogP contribution in [0.3, 0.4) is 0 Å². The van der Waals surface area contributed by atoms with E-state index in [9.17, 15) is 4.79 Å². The van der Waals surface area contributed by atoms with E-state index in [2.05, 4.69) is 46.0 Å². The number of anilines is 1. The van der Waals surface area contributed by atoms with Crippen molar-refractivity contribution in [1.29, 1.82) is 0 Å². The molecule has 0 bridgehead atoms. The number of carbonyl (C=O) groups is 1. The summed E-state index contributed by atoms with van der Waals surface area (Å²) in [6, 6.07) is 9.88. The molecule has 7 nitrogen and oxygen atoms in total. The molecule has 144 valence electrons. The molecule has 1 atom stereocenters. The van der Waals surface area contributed by atoms with Crippen molar-refractivity contribution in [1.82, 2.24) is 15.8 Å². The molecule has 3 rings (SSSR count). The van der Waals surface area contributed by atoms with Crippen LogP contribution in [0.5, 0.6) is 0 Å². The number of aliphatic imine (C=N–C) groups is 1. The molecule has 1 unspecified atom stereocenters. The number of hydrogen-bond acceptors (Lipinski definition) is 4. The van der Waals surface area contributed by atoms with E-state index in [4.69, 9.17) is 4.52 Å². The molecule has 1 aromatic carbocycles. The lowest BCUT2D eigenvalue weighted by molar-refractivity contribution is -0.116. The molecule has 0 fully saturated rings. The normalized spacial score (nSPS) is 16.8.